The third-order valence-electron chi connectivity index (χ3n) is 3.42. The van der Waals surface area contributed by atoms with E-state index in [0.717, 1.165) is 24.2 Å². The first-order valence-electron chi connectivity index (χ1n) is 8.37. The predicted octanol–water partition coefficient (Wildman–Crippen LogP) is 4.72. The lowest BCUT2D eigenvalue weighted by atomic mass is 10.1. The molecule has 0 spiro atoms. The lowest BCUT2D eigenvalue weighted by molar-refractivity contribution is -0.143. The zero-order chi connectivity index (χ0) is 16.6. The number of nitrogens with two attached hydrogens (primary N) is 2. The van der Waals surface area contributed by atoms with Crippen LogP contribution in [0.3, 0.4) is 0 Å². The molecule has 1 radical (unpaired) electrons. The van der Waals surface area contributed by atoms with Crippen LogP contribution in [0.25, 0.3) is 0 Å². The lowest BCUT2D eigenvalue weighted by Crippen LogP contribution is -1.91. The Hall–Kier alpha value is -1.71. The van der Waals surface area contributed by atoms with E-state index in [1.54, 1.807) is 24.3 Å². The molecule has 1 aromatic rings. The fourth-order valence-electron chi connectivity index (χ4n) is 2.08. The van der Waals surface area contributed by atoms with Crippen molar-refractivity contribution < 1.29 is 9.90 Å². The summed E-state index contributed by atoms with van der Waals surface area (Å²) in [5.41, 5.74) is 12.2. The van der Waals surface area contributed by atoms with Crippen molar-refractivity contribution in [1.82, 2.24) is 0 Å². The molecule has 0 fully saturated rings. The standard InChI is InChI=1S/C12H23O2.C6H8N2/c1-2-3-4-5-6-7-8-9-10-11-12(13)14;7-5-1-2-6(8)4-3-5/h2-11H2,1H3;1-4H,7-8H2. The molecule has 0 amide bonds. The van der Waals surface area contributed by atoms with Gasteiger partial charge >= 0.3 is 5.97 Å². The molecule has 0 saturated heterocycles. The highest BCUT2D eigenvalue weighted by Crippen LogP contribution is 2.10. The van der Waals surface area contributed by atoms with E-state index in [9.17, 15) is 9.90 Å². The van der Waals surface area contributed by atoms with Crippen LogP contribution in [-0.4, -0.2) is 5.97 Å². The minimum atomic E-state index is -0.909. The molecule has 4 nitrogen and oxygen atoms in total. The topological polar surface area (TPSA) is 89.0 Å². The lowest BCUT2D eigenvalue weighted by Gasteiger charge is -2.00. The molecule has 0 aliphatic rings. The Morgan fingerprint density at radius 2 is 1.14 bits per heavy atom. The van der Waals surface area contributed by atoms with Crippen LogP contribution < -0.4 is 11.5 Å². The molecule has 0 aromatic heterocycles. The number of carbonyl (C=O) groups excluding carboxylic acids is 1. The van der Waals surface area contributed by atoms with E-state index in [1.165, 1.54) is 44.9 Å². The van der Waals surface area contributed by atoms with Gasteiger partial charge in [0, 0.05) is 11.4 Å². The minimum Gasteiger partial charge on any atom is -0.399 e. The van der Waals surface area contributed by atoms with Crippen molar-refractivity contribution >= 4 is 17.3 Å². The van der Waals surface area contributed by atoms with Gasteiger partial charge in [-0.2, -0.15) is 0 Å². The summed E-state index contributed by atoms with van der Waals surface area (Å²) in [5.74, 6) is -0.909. The maximum atomic E-state index is 10.1. The molecular formula is C18H31N2O2. The summed E-state index contributed by atoms with van der Waals surface area (Å²) < 4.78 is 0. The van der Waals surface area contributed by atoms with Gasteiger partial charge in [0.2, 0.25) is 0 Å². The van der Waals surface area contributed by atoms with Gasteiger partial charge in [0.05, 0.1) is 6.42 Å². The summed E-state index contributed by atoms with van der Waals surface area (Å²) in [6.45, 7) is 2.22. The van der Waals surface area contributed by atoms with Crippen LogP contribution in [0.15, 0.2) is 24.3 Å². The predicted molar refractivity (Wildman–Crippen MR) is 92.8 cm³/mol. The van der Waals surface area contributed by atoms with E-state index in [-0.39, 0.29) is 6.42 Å². The molecule has 4 N–H and O–H groups in total. The maximum absolute atomic E-state index is 10.1. The van der Waals surface area contributed by atoms with Crippen LogP contribution in [0.5, 0.6) is 0 Å². The van der Waals surface area contributed by atoms with Crippen molar-refractivity contribution in [3.8, 4) is 0 Å². The Balaban J connectivity index is 0.000000461. The number of benzene rings is 1. The van der Waals surface area contributed by atoms with Gasteiger partial charge in [-0.25, -0.2) is 9.90 Å². The molecule has 1 rings (SSSR count). The largest absolute Gasteiger partial charge is 0.399 e. The fraction of sp³-hybridized carbons (Fsp3) is 0.611. The summed E-state index contributed by atoms with van der Waals surface area (Å²) in [4.78, 5) is 10.1. The second-order valence-electron chi connectivity index (χ2n) is 5.62. The van der Waals surface area contributed by atoms with Gasteiger partial charge in [-0.1, -0.05) is 58.3 Å². The summed E-state index contributed by atoms with van der Waals surface area (Å²) in [7, 11) is 0. The number of hydrogen-bond acceptors (Lipinski definition) is 3. The second kappa shape index (κ2) is 14.2. The third-order valence-corrected chi connectivity index (χ3v) is 3.42. The van der Waals surface area contributed by atoms with Crippen molar-refractivity contribution in [3.05, 3.63) is 24.3 Å². The van der Waals surface area contributed by atoms with Crippen molar-refractivity contribution in [2.75, 3.05) is 11.5 Å². The highest BCUT2D eigenvalue weighted by atomic mass is 16.4. The number of rotatable bonds is 10. The molecule has 0 atom stereocenters. The Labute approximate surface area is 134 Å². The van der Waals surface area contributed by atoms with Crippen LogP contribution >= 0.6 is 0 Å². The summed E-state index contributed by atoms with van der Waals surface area (Å²) in [6.07, 6.45) is 11.2. The van der Waals surface area contributed by atoms with Crippen LogP contribution in [0.2, 0.25) is 0 Å². The monoisotopic (exact) mass is 307 g/mol. The molecule has 1 aromatic carbocycles. The Morgan fingerprint density at radius 3 is 1.50 bits per heavy atom. The van der Waals surface area contributed by atoms with Gasteiger partial charge in [-0.15, -0.1) is 0 Å². The zero-order valence-corrected chi connectivity index (χ0v) is 13.9. The zero-order valence-electron chi connectivity index (χ0n) is 13.9. The van der Waals surface area contributed by atoms with E-state index in [1.807, 2.05) is 0 Å². The quantitative estimate of drug-likeness (QED) is 0.484. The number of carbonyl (C=O) groups is 1. The highest BCUT2D eigenvalue weighted by molar-refractivity contribution is 5.66. The van der Waals surface area contributed by atoms with Gasteiger partial charge in [0.15, 0.2) is 0 Å². The Kier molecular flexibility index (Phi) is 13.1. The van der Waals surface area contributed by atoms with Crippen LogP contribution in [0.4, 0.5) is 11.4 Å². The Bertz CT molecular complexity index is 356. The van der Waals surface area contributed by atoms with Crippen LogP contribution in [0, 0.1) is 0 Å². The van der Waals surface area contributed by atoms with E-state index < -0.39 is 5.97 Å². The number of nitrogen functional groups attached to an aromatic ring is 2. The van der Waals surface area contributed by atoms with Crippen molar-refractivity contribution in [1.29, 1.82) is 0 Å². The minimum absolute atomic E-state index is 0.232. The SMILES string of the molecule is CCCCCCCCCCCC([O])=O.Nc1ccc(N)cc1. The van der Waals surface area contributed by atoms with Gasteiger partial charge in [-0.05, 0) is 30.7 Å². The molecule has 0 aliphatic heterocycles. The smallest absolute Gasteiger partial charge is 0.355 e. The van der Waals surface area contributed by atoms with Gasteiger partial charge in [-0.3, -0.25) is 0 Å². The van der Waals surface area contributed by atoms with E-state index in [0.29, 0.717) is 0 Å². The van der Waals surface area contributed by atoms with Crippen molar-refractivity contribution in [2.45, 2.75) is 71.1 Å². The molecule has 0 heterocycles. The fourth-order valence-corrected chi connectivity index (χ4v) is 2.08. The van der Waals surface area contributed by atoms with Gasteiger partial charge < -0.3 is 11.5 Å². The van der Waals surface area contributed by atoms with E-state index in [2.05, 4.69) is 6.92 Å². The summed E-state index contributed by atoms with van der Waals surface area (Å²) in [6, 6.07) is 7.09. The van der Waals surface area contributed by atoms with Gasteiger partial charge in [0.1, 0.15) is 0 Å². The average molecular weight is 307 g/mol. The number of anilines is 2. The molecule has 0 bridgehead atoms. The summed E-state index contributed by atoms with van der Waals surface area (Å²) >= 11 is 0. The molecule has 0 unspecified atom stereocenters. The van der Waals surface area contributed by atoms with Crippen molar-refractivity contribution in [2.24, 2.45) is 0 Å². The van der Waals surface area contributed by atoms with Gasteiger partial charge in [0.25, 0.3) is 0 Å². The first-order valence-corrected chi connectivity index (χ1v) is 8.37. The summed E-state index contributed by atoms with van der Waals surface area (Å²) in [5, 5.41) is 10.1. The van der Waals surface area contributed by atoms with Crippen LogP contribution in [0.1, 0.15) is 71.1 Å². The molecule has 0 aliphatic carbocycles. The maximum Gasteiger partial charge on any atom is 0.355 e. The molecule has 4 heteroatoms. The molecule has 125 valence electrons. The second-order valence-corrected chi connectivity index (χ2v) is 5.62. The first-order chi connectivity index (χ1) is 10.6. The normalized spacial score (nSPS) is 9.86. The van der Waals surface area contributed by atoms with Crippen molar-refractivity contribution in [3.63, 3.8) is 0 Å². The average Bonchev–Trinajstić information content (AvgIpc) is 2.49. The molecular weight excluding hydrogens is 276 g/mol. The molecule has 0 saturated carbocycles. The molecule has 22 heavy (non-hydrogen) atoms. The third kappa shape index (κ3) is 14.7. The number of hydrogen-bond donors (Lipinski definition) is 2. The first kappa shape index (κ1) is 20.3. The highest BCUT2D eigenvalue weighted by Gasteiger charge is 1.98. The number of unbranched alkanes of at least 4 members (excludes halogenated alkanes) is 8. The van der Waals surface area contributed by atoms with Crippen LogP contribution in [-0.2, 0) is 9.90 Å². The van der Waals surface area contributed by atoms with E-state index in [4.69, 9.17) is 11.5 Å². The Morgan fingerprint density at radius 1 is 0.773 bits per heavy atom. The van der Waals surface area contributed by atoms with E-state index >= 15 is 0 Å².